The molecule has 2 N–H and O–H groups in total. The number of aryl methyl sites for hydroxylation is 2. The molecule has 0 spiro atoms. The van der Waals surface area contributed by atoms with Crippen molar-refractivity contribution >= 4 is 23.7 Å². The van der Waals surface area contributed by atoms with Gasteiger partial charge in [0.1, 0.15) is 16.5 Å². The summed E-state index contributed by atoms with van der Waals surface area (Å²) in [5.41, 5.74) is 2.94. The molecule has 1 fully saturated rings. The lowest BCUT2D eigenvalue weighted by Crippen LogP contribution is -2.29. The third-order valence-electron chi connectivity index (χ3n) is 5.74. The minimum Gasteiger partial charge on any atom is -0.489 e. The quantitative estimate of drug-likeness (QED) is 0.374. The number of carbonyl (C=O) groups is 1. The summed E-state index contributed by atoms with van der Waals surface area (Å²) in [5.74, 6) is 0.115. The Morgan fingerprint density at radius 2 is 2.15 bits per heavy atom. The molecule has 0 amide bonds. The Hall–Kier alpha value is -3.21. The summed E-state index contributed by atoms with van der Waals surface area (Å²) < 4.78 is 7.83. The lowest BCUT2D eigenvalue weighted by molar-refractivity contribution is -0.143. The van der Waals surface area contributed by atoms with Crippen LogP contribution in [0.2, 0.25) is 0 Å². The van der Waals surface area contributed by atoms with Gasteiger partial charge in [-0.2, -0.15) is 0 Å². The maximum atomic E-state index is 11.3. The van der Waals surface area contributed by atoms with Crippen LogP contribution in [-0.4, -0.2) is 53.4 Å². The molecule has 0 aliphatic heterocycles. The van der Waals surface area contributed by atoms with E-state index in [9.17, 15) is 9.90 Å². The summed E-state index contributed by atoms with van der Waals surface area (Å²) in [6.07, 6.45) is 6.52. The van der Waals surface area contributed by atoms with Crippen LogP contribution in [0.4, 0.5) is 5.95 Å². The van der Waals surface area contributed by atoms with Crippen LogP contribution in [0.1, 0.15) is 37.1 Å². The van der Waals surface area contributed by atoms with Crippen molar-refractivity contribution < 1.29 is 14.6 Å². The Morgan fingerprint density at radius 1 is 1.30 bits per heavy atom. The van der Waals surface area contributed by atoms with Crippen LogP contribution in [0.25, 0.3) is 11.4 Å². The minimum atomic E-state index is -0.747. The van der Waals surface area contributed by atoms with Gasteiger partial charge >= 0.3 is 5.97 Å². The van der Waals surface area contributed by atoms with Crippen molar-refractivity contribution in [2.45, 2.75) is 50.3 Å². The van der Waals surface area contributed by atoms with E-state index < -0.39 is 5.97 Å². The van der Waals surface area contributed by atoms with Crippen molar-refractivity contribution in [3.8, 4) is 17.1 Å². The van der Waals surface area contributed by atoms with Crippen LogP contribution in [0, 0.1) is 12.8 Å². The van der Waals surface area contributed by atoms with Crippen molar-refractivity contribution in [3.63, 3.8) is 0 Å². The van der Waals surface area contributed by atoms with Crippen molar-refractivity contribution in [2.75, 3.05) is 11.6 Å². The zero-order valence-electron chi connectivity index (χ0n) is 18.9. The molecule has 2 atom stereocenters. The van der Waals surface area contributed by atoms with E-state index in [4.69, 9.17) is 9.72 Å². The monoisotopic (exact) mass is 469 g/mol. The Kier molecular flexibility index (Phi) is 7.07. The number of rotatable bonds is 8. The first-order chi connectivity index (χ1) is 15.9. The normalized spacial score (nSPS) is 18.2. The van der Waals surface area contributed by atoms with E-state index in [1.165, 1.54) is 0 Å². The SMILES string of the molecule is CSc1ccnc(NCc2c(-c3ccc(O[C@H]4CCC[C@H](C(=O)O)C4)c(C)n3)nnn2C)n1. The van der Waals surface area contributed by atoms with Gasteiger partial charge in [0.05, 0.1) is 35.6 Å². The van der Waals surface area contributed by atoms with Gasteiger partial charge in [-0.3, -0.25) is 4.79 Å². The molecule has 0 bridgehead atoms. The number of thioether (sulfide) groups is 1. The predicted molar refractivity (Wildman–Crippen MR) is 124 cm³/mol. The second kappa shape index (κ2) is 10.2. The number of aliphatic carboxylic acids is 1. The maximum Gasteiger partial charge on any atom is 0.306 e. The molecule has 174 valence electrons. The third-order valence-corrected chi connectivity index (χ3v) is 6.39. The fraction of sp³-hybridized carbons (Fsp3) is 0.455. The topological polar surface area (TPSA) is 128 Å². The van der Waals surface area contributed by atoms with Crippen LogP contribution in [0.15, 0.2) is 29.4 Å². The Bertz CT molecular complexity index is 1140. The van der Waals surface area contributed by atoms with E-state index in [0.29, 0.717) is 42.5 Å². The first-order valence-electron chi connectivity index (χ1n) is 10.8. The van der Waals surface area contributed by atoms with Gasteiger partial charge in [-0.25, -0.2) is 19.6 Å². The van der Waals surface area contributed by atoms with Crippen LogP contribution in [-0.2, 0) is 18.4 Å². The Balaban J connectivity index is 1.48. The van der Waals surface area contributed by atoms with Gasteiger partial charge < -0.3 is 15.2 Å². The summed E-state index contributed by atoms with van der Waals surface area (Å²) in [5, 5.41) is 21.9. The summed E-state index contributed by atoms with van der Waals surface area (Å²) in [7, 11) is 1.83. The molecule has 4 rings (SSSR count). The smallest absolute Gasteiger partial charge is 0.306 e. The molecule has 1 saturated carbocycles. The number of nitrogens with one attached hydrogen (secondary N) is 1. The number of ether oxygens (including phenoxy) is 1. The second-order valence-corrected chi connectivity index (χ2v) is 8.83. The fourth-order valence-electron chi connectivity index (χ4n) is 3.94. The zero-order valence-corrected chi connectivity index (χ0v) is 19.7. The summed E-state index contributed by atoms with van der Waals surface area (Å²) in [6.45, 7) is 2.32. The lowest BCUT2D eigenvalue weighted by atomic mass is 9.87. The highest BCUT2D eigenvalue weighted by atomic mass is 32.2. The lowest BCUT2D eigenvalue weighted by Gasteiger charge is -2.27. The average molecular weight is 470 g/mol. The van der Waals surface area contributed by atoms with E-state index in [-0.39, 0.29) is 12.0 Å². The maximum absolute atomic E-state index is 11.3. The number of carboxylic acid groups (broad SMARTS) is 1. The molecule has 0 aromatic carbocycles. The largest absolute Gasteiger partial charge is 0.489 e. The van der Waals surface area contributed by atoms with Gasteiger partial charge in [0.15, 0.2) is 0 Å². The summed E-state index contributed by atoms with van der Waals surface area (Å²) in [6, 6.07) is 5.59. The molecule has 1 aliphatic carbocycles. The molecule has 11 heteroatoms. The van der Waals surface area contributed by atoms with Gasteiger partial charge in [0, 0.05) is 13.2 Å². The number of hydrogen-bond acceptors (Lipinski definition) is 9. The Morgan fingerprint density at radius 3 is 2.91 bits per heavy atom. The van der Waals surface area contributed by atoms with E-state index in [2.05, 4.69) is 25.6 Å². The molecule has 33 heavy (non-hydrogen) atoms. The highest BCUT2D eigenvalue weighted by molar-refractivity contribution is 7.98. The van der Waals surface area contributed by atoms with Gasteiger partial charge in [-0.1, -0.05) is 5.21 Å². The first-order valence-corrected chi connectivity index (χ1v) is 12.0. The van der Waals surface area contributed by atoms with Gasteiger partial charge in [-0.15, -0.1) is 16.9 Å². The van der Waals surface area contributed by atoms with E-state index in [1.807, 2.05) is 38.4 Å². The standard InChI is InChI=1S/C22H27N7O3S/c1-13-18(32-15-6-4-5-14(11-15)21(30)31)8-7-16(25-13)20-17(29(2)28-27-20)12-24-22-23-10-9-19(26-22)33-3/h7-10,14-15H,4-6,11-12H2,1-3H3,(H,30,31)(H,23,24,26)/t14-,15-/m0/s1. The summed E-state index contributed by atoms with van der Waals surface area (Å²) in [4.78, 5) is 24.7. The molecular formula is C22H27N7O3S. The molecule has 0 radical (unpaired) electrons. The third kappa shape index (κ3) is 5.41. The second-order valence-electron chi connectivity index (χ2n) is 8.01. The van der Waals surface area contributed by atoms with Crippen molar-refractivity contribution in [1.82, 2.24) is 29.9 Å². The van der Waals surface area contributed by atoms with Crippen LogP contribution in [0.5, 0.6) is 5.75 Å². The molecule has 3 heterocycles. The first kappa shape index (κ1) is 23.0. The molecule has 3 aromatic rings. The number of nitrogens with zero attached hydrogens (tertiary/aromatic N) is 6. The van der Waals surface area contributed by atoms with Gasteiger partial charge in [0.25, 0.3) is 0 Å². The van der Waals surface area contributed by atoms with Crippen molar-refractivity contribution in [3.05, 3.63) is 35.8 Å². The summed E-state index contributed by atoms with van der Waals surface area (Å²) >= 11 is 1.55. The molecule has 10 nitrogen and oxygen atoms in total. The number of carboxylic acids is 1. The highest BCUT2D eigenvalue weighted by Gasteiger charge is 2.28. The molecule has 0 unspecified atom stereocenters. The van der Waals surface area contributed by atoms with Crippen LogP contribution in [0.3, 0.4) is 0 Å². The van der Waals surface area contributed by atoms with E-state index in [1.54, 1.807) is 22.6 Å². The van der Waals surface area contributed by atoms with Crippen LogP contribution < -0.4 is 10.1 Å². The molecule has 1 aliphatic rings. The number of hydrogen-bond donors (Lipinski definition) is 2. The molecule has 0 saturated heterocycles. The van der Waals surface area contributed by atoms with Crippen LogP contribution >= 0.6 is 11.8 Å². The zero-order chi connectivity index (χ0) is 23.4. The highest BCUT2D eigenvalue weighted by Crippen LogP contribution is 2.30. The van der Waals surface area contributed by atoms with E-state index >= 15 is 0 Å². The fourth-order valence-corrected chi connectivity index (χ4v) is 4.31. The molecule has 3 aromatic heterocycles. The minimum absolute atomic E-state index is 0.112. The Labute approximate surface area is 196 Å². The number of aromatic nitrogens is 6. The van der Waals surface area contributed by atoms with Gasteiger partial charge in [0.2, 0.25) is 5.95 Å². The van der Waals surface area contributed by atoms with Gasteiger partial charge in [-0.05, 0) is 57.1 Å². The van der Waals surface area contributed by atoms with E-state index in [0.717, 1.165) is 29.3 Å². The van der Waals surface area contributed by atoms with Crippen molar-refractivity contribution in [2.24, 2.45) is 13.0 Å². The number of pyridine rings is 1. The van der Waals surface area contributed by atoms with Crippen molar-refractivity contribution in [1.29, 1.82) is 0 Å². The predicted octanol–water partition coefficient (Wildman–Crippen LogP) is 3.33. The molecular weight excluding hydrogens is 442 g/mol. The average Bonchev–Trinajstić information content (AvgIpc) is 3.19. The number of anilines is 1.